The SMILES string of the molecule is CCNc1cc2c(cc1C)C1(c3cc(C)c(NCC)cc3O2)c2ccccc2C(=O)N1CCSCCCSCCN1C(=O)c2ccccc2C12c1cc(C)c(NCC)cc1Oc1cc(NCC)c(C)cc12. The summed E-state index contributed by atoms with van der Waals surface area (Å²) in [5.41, 5.74) is 14.3. The molecule has 0 bridgehead atoms. The highest BCUT2D eigenvalue weighted by Gasteiger charge is 2.58. The van der Waals surface area contributed by atoms with Crippen molar-refractivity contribution in [3.05, 3.63) is 164 Å². The summed E-state index contributed by atoms with van der Waals surface area (Å²) in [5.74, 6) is 6.64. The van der Waals surface area contributed by atoms with Gasteiger partial charge in [-0.15, -0.1) is 0 Å². The predicted octanol–water partition coefficient (Wildman–Crippen LogP) is 12.9. The average molecular weight is 987 g/mol. The van der Waals surface area contributed by atoms with E-state index < -0.39 is 11.1 Å². The molecule has 6 aromatic rings. The summed E-state index contributed by atoms with van der Waals surface area (Å²) in [7, 11) is 0. The molecule has 4 aliphatic rings. The lowest BCUT2D eigenvalue weighted by atomic mass is 9.73. The number of nitrogens with zero attached hydrogens (tertiary/aromatic N) is 2. The molecular formula is C59H66N6O4S2. The minimum absolute atomic E-state index is 0.0463. The third-order valence-corrected chi connectivity index (χ3v) is 16.8. The molecule has 0 fully saturated rings. The first kappa shape index (κ1) is 48.4. The number of rotatable bonds is 18. The molecule has 4 heterocycles. The molecule has 0 aliphatic carbocycles. The number of nitrogens with one attached hydrogen (secondary N) is 4. The molecule has 0 saturated heterocycles. The third kappa shape index (κ3) is 7.87. The maximum Gasteiger partial charge on any atom is 0.255 e. The van der Waals surface area contributed by atoms with E-state index in [1.807, 2.05) is 47.8 Å². The molecular weight excluding hydrogens is 921 g/mol. The highest BCUT2D eigenvalue weighted by molar-refractivity contribution is 8.00. The van der Waals surface area contributed by atoms with Gasteiger partial charge in [0.15, 0.2) is 0 Å². The molecule has 10 nitrogen and oxygen atoms in total. The summed E-state index contributed by atoms with van der Waals surface area (Å²) < 4.78 is 13.7. The summed E-state index contributed by atoms with van der Waals surface area (Å²) in [4.78, 5) is 33.9. The molecule has 2 amide bonds. The number of anilines is 4. The fourth-order valence-corrected chi connectivity index (χ4v) is 13.5. The number of thioether (sulfide) groups is 2. The standard InChI is InChI=1S/C59H66N6O4S2/c1-9-60-48-32-52-44(28-36(48)5)58(45-29-37(6)49(61-10-2)33-53(45)68-52)42-20-15-13-18-40(42)56(66)64(58)22-26-70-24-17-25-71-27-23-65-57(67)41-19-14-16-21-43(41)59(65)46-30-38(7)50(62-11-3)34-54(46)69-55-35-51(63-12-4)39(8)31-47(55)59/h13-16,18-21,28-35,60-63H,9-12,17,22-27H2,1-8H3. The Balaban J connectivity index is 0.873. The smallest absolute Gasteiger partial charge is 0.255 e. The number of amides is 2. The number of fused-ring (bicyclic) bond motifs is 12. The molecule has 0 atom stereocenters. The Morgan fingerprint density at radius 3 is 1.06 bits per heavy atom. The van der Waals surface area contributed by atoms with Crippen molar-refractivity contribution in [2.75, 3.05) is 83.5 Å². The summed E-state index contributed by atoms with van der Waals surface area (Å²) in [6.07, 6.45) is 1.00. The van der Waals surface area contributed by atoms with Crippen LogP contribution in [-0.2, 0) is 11.1 Å². The van der Waals surface area contributed by atoms with Crippen molar-refractivity contribution in [1.82, 2.24) is 9.80 Å². The van der Waals surface area contributed by atoms with E-state index in [1.165, 1.54) is 0 Å². The number of ether oxygens (including phenoxy) is 2. The first-order chi connectivity index (χ1) is 34.5. The molecule has 4 N–H and O–H groups in total. The summed E-state index contributed by atoms with van der Waals surface area (Å²) in [6.45, 7) is 21.2. The van der Waals surface area contributed by atoms with Gasteiger partial charge in [-0.3, -0.25) is 9.59 Å². The molecule has 0 unspecified atom stereocenters. The van der Waals surface area contributed by atoms with Gasteiger partial charge in [0, 0.05) is 131 Å². The second kappa shape index (κ2) is 19.8. The Morgan fingerprint density at radius 2 is 0.746 bits per heavy atom. The van der Waals surface area contributed by atoms with Crippen LogP contribution in [0.25, 0.3) is 0 Å². The van der Waals surface area contributed by atoms with Crippen LogP contribution in [0.5, 0.6) is 23.0 Å². The summed E-state index contributed by atoms with van der Waals surface area (Å²) in [6, 6.07) is 33.7. The van der Waals surface area contributed by atoms with Crippen LogP contribution >= 0.6 is 23.5 Å². The Labute approximate surface area is 428 Å². The van der Waals surface area contributed by atoms with Gasteiger partial charge in [-0.1, -0.05) is 36.4 Å². The molecule has 10 rings (SSSR count). The molecule has 6 aromatic carbocycles. The monoisotopic (exact) mass is 986 g/mol. The van der Waals surface area contributed by atoms with Crippen molar-refractivity contribution in [3.8, 4) is 23.0 Å². The first-order valence-electron chi connectivity index (χ1n) is 25.4. The molecule has 0 aromatic heterocycles. The van der Waals surface area contributed by atoms with E-state index >= 15 is 0 Å². The largest absolute Gasteiger partial charge is 0.456 e. The van der Waals surface area contributed by atoms with E-state index in [1.54, 1.807) is 0 Å². The lowest BCUT2D eigenvalue weighted by molar-refractivity contribution is 0.0674. The predicted molar refractivity (Wildman–Crippen MR) is 296 cm³/mol. The van der Waals surface area contributed by atoms with E-state index in [9.17, 15) is 9.59 Å². The lowest BCUT2D eigenvalue weighted by Gasteiger charge is -2.45. The van der Waals surface area contributed by atoms with Crippen LogP contribution in [0, 0.1) is 27.7 Å². The van der Waals surface area contributed by atoms with Crippen molar-refractivity contribution >= 4 is 58.1 Å². The summed E-state index contributed by atoms with van der Waals surface area (Å²) in [5, 5.41) is 14.1. The molecule has 2 spiro atoms. The van der Waals surface area contributed by atoms with Crippen molar-refractivity contribution in [2.24, 2.45) is 0 Å². The van der Waals surface area contributed by atoms with Crippen molar-refractivity contribution in [2.45, 2.75) is 72.9 Å². The number of benzene rings is 6. The van der Waals surface area contributed by atoms with Crippen molar-refractivity contribution in [3.63, 3.8) is 0 Å². The van der Waals surface area contributed by atoms with E-state index in [0.29, 0.717) is 13.1 Å². The van der Waals surface area contributed by atoms with Gasteiger partial charge in [-0.2, -0.15) is 23.5 Å². The zero-order chi connectivity index (χ0) is 49.6. The minimum atomic E-state index is -0.853. The van der Waals surface area contributed by atoms with Gasteiger partial charge in [0.2, 0.25) is 0 Å². The van der Waals surface area contributed by atoms with Gasteiger partial charge in [-0.05, 0) is 143 Å². The Hall–Kier alpha value is -6.24. The number of aryl methyl sites for hydroxylation is 4. The van der Waals surface area contributed by atoms with Crippen LogP contribution in [0.1, 0.15) is 110 Å². The van der Waals surface area contributed by atoms with E-state index in [2.05, 4.69) is 159 Å². The van der Waals surface area contributed by atoms with Crippen LogP contribution in [0.3, 0.4) is 0 Å². The van der Waals surface area contributed by atoms with Gasteiger partial charge in [0.05, 0.1) is 0 Å². The van der Waals surface area contributed by atoms with Crippen molar-refractivity contribution in [1.29, 1.82) is 0 Å². The van der Waals surface area contributed by atoms with Crippen LogP contribution in [0.15, 0.2) is 97.1 Å². The molecule has 12 heteroatoms. The highest BCUT2D eigenvalue weighted by Crippen LogP contribution is 2.61. The Bertz CT molecular complexity index is 2740. The quantitative estimate of drug-likeness (QED) is 0.0622. The molecule has 0 radical (unpaired) electrons. The van der Waals surface area contributed by atoms with Crippen LogP contribution in [0.2, 0.25) is 0 Å². The molecule has 368 valence electrons. The van der Waals surface area contributed by atoms with E-state index in [0.717, 1.165) is 168 Å². The molecule has 0 saturated carbocycles. The van der Waals surface area contributed by atoms with Crippen LogP contribution in [0.4, 0.5) is 22.7 Å². The second-order valence-electron chi connectivity index (χ2n) is 19.0. The Morgan fingerprint density at radius 1 is 0.437 bits per heavy atom. The average Bonchev–Trinajstić information content (AvgIpc) is 3.75. The molecule has 71 heavy (non-hydrogen) atoms. The zero-order valence-corrected chi connectivity index (χ0v) is 44.0. The highest BCUT2D eigenvalue weighted by atomic mass is 32.2. The second-order valence-corrected chi connectivity index (χ2v) is 21.4. The molecule has 4 aliphatic heterocycles. The fraction of sp³-hybridized carbons (Fsp3) is 0.356. The van der Waals surface area contributed by atoms with Gasteiger partial charge >= 0.3 is 0 Å². The van der Waals surface area contributed by atoms with Gasteiger partial charge in [-0.25, -0.2) is 0 Å². The normalized spacial score (nSPS) is 15.1. The number of carbonyl (C=O) groups excluding carboxylic acids is 2. The first-order valence-corrected chi connectivity index (χ1v) is 27.7. The Kier molecular flexibility index (Phi) is 13.5. The van der Waals surface area contributed by atoms with Gasteiger partial charge < -0.3 is 40.5 Å². The van der Waals surface area contributed by atoms with Crippen LogP contribution in [-0.4, -0.2) is 83.9 Å². The maximum absolute atomic E-state index is 14.8. The third-order valence-electron chi connectivity index (χ3n) is 14.7. The summed E-state index contributed by atoms with van der Waals surface area (Å²) >= 11 is 3.79. The zero-order valence-electron chi connectivity index (χ0n) is 42.4. The van der Waals surface area contributed by atoms with Crippen LogP contribution < -0.4 is 30.7 Å². The van der Waals surface area contributed by atoms with Gasteiger partial charge in [0.1, 0.15) is 34.1 Å². The number of hydrogen-bond acceptors (Lipinski definition) is 10. The minimum Gasteiger partial charge on any atom is -0.456 e. The van der Waals surface area contributed by atoms with E-state index in [4.69, 9.17) is 9.47 Å². The van der Waals surface area contributed by atoms with E-state index in [-0.39, 0.29) is 11.8 Å². The van der Waals surface area contributed by atoms with Crippen molar-refractivity contribution < 1.29 is 19.1 Å². The van der Waals surface area contributed by atoms with Gasteiger partial charge in [0.25, 0.3) is 11.8 Å². The number of carbonyl (C=O) groups is 2. The number of hydrogen-bond donors (Lipinski definition) is 4. The fourth-order valence-electron chi connectivity index (χ4n) is 11.6. The topological polar surface area (TPSA) is 107 Å². The maximum atomic E-state index is 14.8. The lowest BCUT2D eigenvalue weighted by Crippen LogP contribution is -2.48.